The van der Waals surface area contributed by atoms with Crippen LogP contribution in [0.1, 0.15) is 19.4 Å². The molecule has 4 rings (SSSR count). The van der Waals surface area contributed by atoms with Crippen LogP contribution in [0.25, 0.3) is 22.0 Å². The Morgan fingerprint density at radius 1 is 1.26 bits per heavy atom. The first kappa shape index (κ1) is 17.4. The number of nitrogens with one attached hydrogen (secondary N) is 2. The van der Waals surface area contributed by atoms with Gasteiger partial charge in [0.1, 0.15) is 5.52 Å². The fraction of sp³-hybridized carbons (Fsp3) is 0.300. The predicted molar refractivity (Wildman–Crippen MR) is 103 cm³/mol. The monoisotopic (exact) mass is 367 g/mol. The number of carbonyl (C=O) groups is 1. The smallest absolute Gasteiger partial charge is 0.274 e. The molecule has 1 aliphatic heterocycles. The van der Waals surface area contributed by atoms with E-state index in [1.165, 1.54) is 4.57 Å². The molecule has 0 saturated carbocycles. The molecule has 3 heterocycles. The number of aliphatic hydroxyl groups is 1. The van der Waals surface area contributed by atoms with Gasteiger partial charge in [-0.05, 0) is 29.7 Å². The molecule has 1 aliphatic rings. The van der Waals surface area contributed by atoms with E-state index >= 15 is 0 Å². The summed E-state index contributed by atoms with van der Waals surface area (Å²) in [5.74, 6) is 0.341. The molecule has 1 unspecified atom stereocenters. The summed E-state index contributed by atoms with van der Waals surface area (Å²) < 4.78 is 7.60. The van der Waals surface area contributed by atoms with Gasteiger partial charge >= 0.3 is 0 Å². The van der Waals surface area contributed by atoms with Crippen molar-refractivity contribution in [3.05, 3.63) is 46.5 Å². The van der Waals surface area contributed by atoms with E-state index in [-0.39, 0.29) is 24.0 Å². The van der Waals surface area contributed by atoms with E-state index in [0.29, 0.717) is 22.5 Å². The Hall–Kier alpha value is -3.06. The van der Waals surface area contributed by atoms with Crippen molar-refractivity contribution in [2.45, 2.75) is 26.6 Å². The zero-order chi connectivity index (χ0) is 19.3. The number of aromatic nitrogens is 2. The van der Waals surface area contributed by atoms with Crippen molar-refractivity contribution in [2.24, 2.45) is 13.0 Å². The summed E-state index contributed by atoms with van der Waals surface area (Å²) in [4.78, 5) is 27.7. The van der Waals surface area contributed by atoms with Crippen LogP contribution < -0.4 is 15.6 Å². The maximum Gasteiger partial charge on any atom is 0.274 e. The van der Waals surface area contributed by atoms with Crippen molar-refractivity contribution < 1.29 is 14.6 Å². The minimum atomic E-state index is -0.606. The zero-order valence-electron chi connectivity index (χ0n) is 15.4. The van der Waals surface area contributed by atoms with Crippen molar-refractivity contribution in [3.8, 4) is 16.9 Å². The number of nitrogens with zero attached hydrogens (tertiary/aromatic N) is 1. The largest absolute Gasteiger partial charge is 0.477 e. The molecule has 3 aromatic rings. The Labute approximate surface area is 155 Å². The van der Waals surface area contributed by atoms with Crippen LogP contribution in [0.4, 0.5) is 5.69 Å². The fourth-order valence-corrected chi connectivity index (χ4v) is 3.51. The van der Waals surface area contributed by atoms with Gasteiger partial charge in [-0.25, -0.2) is 0 Å². The number of rotatable bonds is 3. The molecule has 1 aromatic carbocycles. The quantitative estimate of drug-likeness (QED) is 0.662. The number of amides is 1. The molecule has 27 heavy (non-hydrogen) atoms. The molecule has 0 saturated heterocycles. The number of hydrogen-bond acceptors (Lipinski definition) is 4. The van der Waals surface area contributed by atoms with Gasteiger partial charge in [0.2, 0.25) is 0 Å². The third kappa shape index (κ3) is 2.71. The number of aliphatic hydroxyl groups excluding tert-OH is 1. The average Bonchev–Trinajstić information content (AvgIpc) is 3.13. The fourth-order valence-electron chi connectivity index (χ4n) is 3.51. The van der Waals surface area contributed by atoms with Crippen LogP contribution in [0.2, 0.25) is 0 Å². The van der Waals surface area contributed by atoms with E-state index in [9.17, 15) is 14.7 Å². The number of ether oxygens (including phenoxy) is 1. The van der Waals surface area contributed by atoms with E-state index in [2.05, 4.69) is 10.3 Å². The Kier molecular flexibility index (Phi) is 4.04. The van der Waals surface area contributed by atoms with E-state index in [1.807, 2.05) is 26.0 Å². The summed E-state index contributed by atoms with van der Waals surface area (Å²) in [6.07, 6.45) is 2.86. The highest BCUT2D eigenvalue weighted by Crippen LogP contribution is 2.43. The molecule has 7 heteroatoms. The number of carbonyl (C=O) groups excluding carboxylic acids is 1. The first-order valence-electron chi connectivity index (χ1n) is 8.83. The van der Waals surface area contributed by atoms with Crippen LogP contribution in [-0.4, -0.2) is 26.7 Å². The Balaban J connectivity index is 2.01. The van der Waals surface area contributed by atoms with Crippen LogP contribution in [-0.2, 0) is 18.4 Å². The first-order chi connectivity index (χ1) is 12.9. The van der Waals surface area contributed by atoms with E-state index in [1.54, 1.807) is 25.5 Å². The number of pyridine rings is 1. The third-order valence-electron chi connectivity index (χ3n) is 4.88. The summed E-state index contributed by atoms with van der Waals surface area (Å²) in [7, 11) is 1.69. The van der Waals surface area contributed by atoms with E-state index in [4.69, 9.17) is 4.74 Å². The topological polar surface area (TPSA) is 96.3 Å². The Morgan fingerprint density at radius 2 is 2.04 bits per heavy atom. The normalized spacial score (nSPS) is 16.3. The lowest BCUT2D eigenvalue weighted by atomic mass is 9.97. The molecule has 1 amide bonds. The summed E-state index contributed by atoms with van der Waals surface area (Å²) in [5.41, 5.74) is 3.06. The lowest BCUT2D eigenvalue weighted by molar-refractivity contribution is -0.125. The van der Waals surface area contributed by atoms with Crippen molar-refractivity contribution >= 4 is 22.5 Å². The highest BCUT2D eigenvalue weighted by atomic mass is 16.5. The van der Waals surface area contributed by atoms with Crippen molar-refractivity contribution in [1.82, 2.24) is 9.55 Å². The van der Waals surface area contributed by atoms with Crippen molar-refractivity contribution in [3.63, 3.8) is 0 Å². The molecule has 0 fully saturated rings. The lowest BCUT2D eigenvalue weighted by Gasteiger charge is -2.30. The van der Waals surface area contributed by atoms with E-state index in [0.717, 1.165) is 16.5 Å². The van der Waals surface area contributed by atoms with Gasteiger partial charge in [0.15, 0.2) is 11.9 Å². The van der Waals surface area contributed by atoms with Crippen molar-refractivity contribution in [2.75, 3.05) is 5.32 Å². The second-order valence-electron chi connectivity index (χ2n) is 7.18. The minimum Gasteiger partial charge on any atom is -0.477 e. The standard InChI is InChI=1S/C20H21N3O4/c1-10(2)17-19(25)22-15-7-11(9-24)6-13(18(15)27-17)14-8-23(3)20(26)16-12(14)4-5-21-16/h4-8,10,17,21,24H,9H2,1-3H3,(H,22,25). The van der Waals surface area contributed by atoms with Crippen LogP contribution in [0.15, 0.2) is 35.4 Å². The van der Waals surface area contributed by atoms with Gasteiger partial charge in [0.05, 0.1) is 12.3 Å². The molecule has 3 N–H and O–H groups in total. The molecule has 140 valence electrons. The number of hydrogen-bond donors (Lipinski definition) is 3. The lowest BCUT2D eigenvalue weighted by Crippen LogP contribution is -2.40. The van der Waals surface area contributed by atoms with Gasteiger partial charge in [-0.3, -0.25) is 9.59 Å². The number of fused-ring (bicyclic) bond motifs is 2. The molecular formula is C20H21N3O4. The number of benzene rings is 1. The molecule has 7 nitrogen and oxygen atoms in total. The van der Waals surface area contributed by atoms with Crippen LogP contribution in [0.3, 0.4) is 0 Å². The molecule has 2 aromatic heterocycles. The van der Waals surface area contributed by atoms with Gasteiger partial charge in [0, 0.05) is 36.0 Å². The highest BCUT2D eigenvalue weighted by Gasteiger charge is 2.32. The Morgan fingerprint density at radius 3 is 2.74 bits per heavy atom. The second kappa shape index (κ2) is 6.28. The van der Waals surface area contributed by atoms with Crippen molar-refractivity contribution in [1.29, 1.82) is 0 Å². The number of aryl methyl sites for hydroxylation is 1. The maximum atomic E-state index is 12.4. The first-order valence-corrected chi connectivity index (χ1v) is 8.83. The minimum absolute atomic E-state index is 0.00377. The van der Waals surface area contributed by atoms with Gasteiger partial charge < -0.3 is 24.7 Å². The van der Waals surface area contributed by atoms with E-state index < -0.39 is 6.10 Å². The second-order valence-corrected chi connectivity index (χ2v) is 7.18. The van der Waals surface area contributed by atoms with Gasteiger partial charge in [-0.15, -0.1) is 0 Å². The summed E-state index contributed by atoms with van der Waals surface area (Å²) in [6, 6.07) is 5.38. The summed E-state index contributed by atoms with van der Waals surface area (Å²) >= 11 is 0. The molecule has 1 atom stereocenters. The third-order valence-corrected chi connectivity index (χ3v) is 4.88. The van der Waals surface area contributed by atoms with Crippen LogP contribution in [0, 0.1) is 5.92 Å². The number of aromatic amines is 1. The zero-order valence-corrected chi connectivity index (χ0v) is 15.4. The molecular weight excluding hydrogens is 346 g/mol. The predicted octanol–water partition coefficient (Wildman–Crippen LogP) is 2.38. The summed E-state index contributed by atoms with van der Waals surface area (Å²) in [5, 5.41) is 13.3. The molecule has 0 radical (unpaired) electrons. The molecule has 0 aliphatic carbocycles. The van der Waals surface area contributed by atoms with Crippen LogP contribution >= 0.6 is 0 Å². The van der Waals surface area contributed by atoms with Gasteiger partial charge in [0.25, 0.3) is 11.5 Å². The average molecular weight is 367 g/mol. The number of anilines is 1. The number of H-pyrrole nitrogens is 1. The SMILES string of the molecule is CC(C)C1Oc2c(cc(CO)cc2-c2cn(C)c(=O)c3[nH]ccc23)NC1=O. The molecule has 0 bridgehead atoms. The van der Waals surface area contributed by atoms with Crippen LogP contribution in [0.5, 0.6) is 5.75 Å². The van der Waals surface area contributed by atoms with Gasteiger partial charge in [-0.1, -0.05) is 13.8 Å². The van der Waals surface area contributed by atoms with Gasteiger partial charge in [-0.2, -0.15) is 0 Å². The Bertz CT molecular complexity index is 1110. The summed E-state index contributed by atoms with van der Waals surface area (Å²) in [6.45, 7) is 3.67. The highest BCUT2D eigenvalue weighted by molar-refractivity contribution is 6.03. The maximum absolute atomic E-state index is 12.4. The molecule has 0 spiro atoms.